The van der Waals surface area contributed by atoms with Gasteiger partial charge in [0.2, 0.25) is 0 Å². The third kappa shape index (κ3) is 3.75. The lowest BCUT2D eigenvalue weighted by Gasteiger charge is -2.21. The van der Waals surface area contributed by atoms with Crippen LogP contribution in [0.25, 0.3) is 0 Å². The van der Waals surface area contributed by atoms with Gasteiger partial charge in [-0.3, -0.25) is 16.0 Å². The summed E-state index contributed by atoms with van der Waals surface area (Å²) < 4.78 is 0. The first kappa shape index (κ1) is 16.3. The number of hydrogen-bond donors (Lipinski definition) is 3. The first-order valence-corrected chi connectivity index (χ1v) is 6.90. The van der Waals surface area contributed by atoms with E-state index in [1.807, 2.05) is 0 Å². The molecular formula is C14H12Cl2N4O2. The van der Waals surface area contributed by atoms with Gasteiger partial charge >= 0.3 is 6.03 Å². The van der Waals surface area contributed by atoms with Crippen molar-refractivity contribution in [3.05, 3.63) is 64.1 Å². The number of carbonyl (C=O) groups is 2. The van der Waals surface area contributed by atoms with Crippen LogP contribution < -0.4 is 21.7 Å². The number of halogens is 2. The SMILES string of the molecule is NNN(C(=O)NC(=O)c1ccccc1)c1ccc(Cl)c(Cl)c1. The largest absolute Gasteiger partial charge is 0.344 e. The number of amides is 3. The summed E-state index contributed by atoms with van der Waals surface area (Å²) in [6, 6.07) is 12.0. The first-order valence-electron chi connectivity index (χ1n) is 6.14. The number of urea groups is 1. The Hall–Kier alpha value is -2.12. The topological polar surface area (TPSA) is 87.5 Å². The van der Waals surface area contributed by atoms with Crippen molar-refractivity contribution in [2.75, 3.05) is 5.01 Å². The number of nitrogens with one attached hydrogen (secondary N) is 2. The summed E-state index contributed by atoms with van der Waals surface area (Å²) in [5, 5.41) is 3.73. The Labute approximate surface area is 136 Å². The predicted molar refractivity (Wildman–Crippen MR) is 85.6 cm³/mol. The molecule has 8 heteroatoms. The highest BCUT2D eigenvalue weighted by Crippen LogP contribution is 2.26. The van der Waals surface area contributed by atoms with Crippen LogP contribution in [0.15, 0.2) is 48.5 Å². The number of hydrogen-bond acceptors (Lipinski definition) is 4. The van der Waals surface area contributed by atoms with E-state index in [9.17, 15) is 9.59 Å². The summed E-state index contributed by atoms with van der Waals surface area (Å²) in [6.07, 6.45) is 0. The number of carbonyl (C=O) groups excluding carboxylic acids is 2. The van der Waals surface area contributed by atoms with Crippen molar-refractivity contribution in [3.63, 3.8) is 0 Å². The fourth-order valence-electron chi connectivity index (χ4n) is 1.69. The molecule has 0 unspecified atom stereocenters. The van der Waals surface area contributed by atoms with Gasteiger partial charge in [0, 0.05) is 5.56 Å². The molecule has 0 aliphatic heterocycles. The van der Waals surface area contributed by atoms with Crippen LogP contribution >= 0.6 is 23.2 Å². The number of nitrogens with zero attached hydrogens (tertiary/aromatic N) is 1. The van der Waals surface area contributed by atoms with Crippen LogP contribution in [0.4, 0.5) is 10.5 Å². The molecule has 0 fully saturated rings. The van der Waals surface area contributed by atoms with Gasteiger partial charge in [0.1, 0.15) is 0 Å². The highest BCUT2D eigenvalue weighted by atomic mass is 35.5. The van der Waals surface area contributed by atoms with Gasteiger partial charge in [0.15, 0.2) is 0 Å². The number of rotatable bonds is 3. The third-order valence-electron chi connectivity index (χ3n) is 2.75. The van der Waals surface area contributed by atoms with E-state index < -0.39 is 11.9 Å². The van der Waals surface area contributed by atoms with Gasteiger partial charge in [-0.05, 0) is 30.3 Å². The molecule has 4 N–H and O–H groups in total. The van der Waals surface area contributed by atoms with E-state index in [0.717, 1.165) is 5.01 Å². The van der Waals surface area contributed by atoms with Gasteiger partial charge < -0.3 is 0 Å². The van der Waals surface area contributed by atoms with Crippen LogP contribution in [0.3, 0.4) is 0 Å². The van der Waals surface area contributed by atoms with Crippen molar-refractivity contribution in [1.29, 1.82) is 0 Å². The summed E-state index contributed by atoms with van der Waals surface area (Å²) in [7, 11) is 0. The van der Waals surface area contributed by atoms with E-state index in [0.29, 0.717) is 16.3 Å². The van der Waals surface area contributed by atoms with Crippen LogP contribution in [0, 0.1) is 0 Å². The number of nitrogens with two attached hydrogens (primary N) is 1. The van der Waals surface area contributed by atoms with Gasteiger partial charge in [0.05, 0.1) is 15.7 Å². The maximum Gasteiger partial charge on any atom is 0.344 e. The van der Waals surface area contributed by atoms with Crippen LogP contribution in [0.2, 0.25) is 10.0 Å². The lowest BCUT2D eigenvalue weighted by molar-refractivity contribution is 0.0965. The second-order valence-electron chi connectivity index (χ2n) is 4.19. The lowest BCUT2D eigenvalue weighted by Crippen LogP contribution is -2.53. The molecule has 0 aliphatic carbocycles. The number of anilines is 1. The molecule has 0 spiro atoms. The molecule has 0 bridgehead atoms. The van der Waals surface area contributed by atoms with E-state index in [1.54, 1.807) is 30.3 Å². The Morgan fingerprint density at radius 3 is 2.27 bits per heavy atom. The zero-order valence-electron chi connectivity index (χ0n) is 11.2. The molecule has 114 valence electrons. The minimum atomic E-state index is -0.755. The van der Waals surface area contributed by atoms with Crippen LogP contribution in [-0.4, -0.2) is 11.9 Å². The summed E-state index contributed by atoms with van der Waals surface area (Å²) in [5.74, 6) is 4.79. The Kier molecular flexibility index (Phi) is 5.35. The van der Waals surface area contributed by atoms with Crippen molar-refractivity contribution in [2.45, 2.75) is 0 Å². The number of hydrazine groups is 2. The quantitative estimate of drug-likeness (QED) is 0.593. The Morgan fingerprint density at radius 1 is 1.00 bits per heavy atom. The lowest BCUT2D eigenvalue weighted by atomic mass is 10.2. The van der Waals surface area contributed by atoms with Crippen LogP contribution in [0.5, 0.6) is 0 Å². The standard InChI is InChI=1S/C14H12Cl2N4O2/c15-11-7-6-10(8-12(11)16)20(19-17)14(22)18-13(21)9-4-2-1-3-5-9/h1-8,19H,17H2,(H,18,21,22). The first-order chi connectivity index (χ1) is 10.5. The molecule has 2 rings (SSSR count). The summed E-state index contributed by atoms with van der Waals surface area (Å²) in [6.45, 7) is 0. The number of benzene rings is 2. The Balaban J connectivity index is 2.15. The van der Waals surface area contributed by atoms with Crippen LogP contribution in [-0.2, 0) is 0 Å². The van der Waals surface area contributed by atoms with Crippen LogP contribution in [0.1, 0.15) is 10.4 Å². The van der Waals surface area contributed by atoms with E-state index in [4.69, 9.17) is 29.0 Å². The molecule has 6 nitrogen and oxygen atoms in total. The second-order valence-corrected chi connectivity index (χ2v) is 5.00. The molecule has 0 radical (unpaired) electrons. The highest BCUT2D eigenvalue weighted by molar-refractivity contribution is 6.42. The third-order valence-corrected chi connectivity index (χ3v) is 3.49. The minimum absolute atomic E-state index is 0.251. The summed E-state index contributed by atoms with van der Waals surface area (Å²) in [4.78, 5) is 24.1. The summed E-state index contributed by atoms with van der Waals surface area (Å²) in [5.41, 5.74) is 2.87. The fraction of sp³-hybridized carbons (Fsp3) is 0. The molecule has 3 amide bonds. The van der Waals surface area contributed by atoms with E-state index in [-0.39, 0.29) is 5.02 Å². The smallest absolute Gasteiger partial charge is 0.272 e. The van der Waals surface area contributed by atoms with Crippen molar-refractivity contribution in [1.82, 2.24) is 10.9 Å². The highest BCUT2D eigenvalue weighted by Gasteiger charge is 2.18. The molecule has 0 atom stereocenters. The zero-order chi connectivity index (χ0) is 16.1. The van der Waals surface area contributed by atoms with Gasteiger partial charge in [-0.2, -0.15) is 5.53 Å². The average molecular weight is 339 g/mol. The maximum absolute atomic E-state index is 12.1. The molecular weight excluding hydrogens is 327 g/mol. The minimum Gasteiger partial charge on any atom is -0.272 e. The van der Waals surface area contributed by atoms with Crippen molar-refractivity contribution < 1.29 is 9.59 Å². The fourth-order valence-corrected chi connectivity index (χ4v) is 1.98. The van der Waals surface area contributed by atoms with Crippen molar-refractivity contribution in [2.24, 2.45) is 5.84 Å². The van der Waals surface area contributed by atoms with Gasteiger partial charge in [0.25, 0.3) is 5.91 Å². The molecule has 0 aromatic heterocycles. The molecule has 22 heavy (non-hydrogen) atoms. The van der Waals surface area contributed by atoms with E-state index in [1.165, 1.54) is 18.2 Å². The Morgan fingerprint density at radius 2 is 1.68 bits per heavy atom. The number of imide groups is 1. The average Bonchev–Trinajstić information content (AvgIpc) is 2.52. The van der Waals surface area contributed by atoms with Crippen molar-refractivity contribution in [3.8, 4) is 0 Å². The molecule has 0 saturated carbocycles. The zero-order valence-corrected chi connectivity index (χ0v) is 12.7. The summed E-state index contributed by atoms with van der Waals surface area (Å²) >= 11 is 11.7. The second kappa shape index (κ2) is 7.24. The molecule has 0 aliphatic rings. The maximum atomic E-state index is 12.1. The molecule has 2 aromatic carbocycles. The predicted octanol–water partition coefficient (Wildman–Crippen LogP) is 2.73. The Bertz CT molecular complexity index is 694. The molecule has 0 saturated heterocycles. The van der Waals surface area contributed by atoms with Crippen molar-refractivity contribution >= 4 is 40.8 Å². The normalized spacial score (nSPS) is 10.1. The van der Waals surface area contributed by atoms with Gasteiger partial charge in [-0.15, -0.1) is 0 Å². The van der Waals surface area contributed by atoms with Gasteiger partial charge in [-0.25, -0.2) is 9.80 Å². The van der Waals surface area contributed by atoms with E-state index in [2.05, 4.69) is 10.9 Å². The molecule has 2 aromatic rings. The monoisotopic (exact) mass is 338 g/mol. The van der Waals surface area contributed by atoms with E-state index >= 15 is 0 Å². The van der Waals surface area contributed by atoms with Gasteiger partial charge in [-0.1, -0.05) is 41.4 Å². The molecule has 0 heterocycles.